The van der Waals surface area contributed by atoms with E-state index in [1.807, 2.05) is 42.5 Å². The minimum atomic E-state index is 0.397. The van der Waals surface area contributed by atoms with Crippen molar-refractivity contribution in [2.75, 3.05) is 0 Å². The molecule has 2 aromatic rings. The third-order valence-corrected chi connectivity index (χ3v) is 3.18. The predicted molar refractivity (Wildman–Crippen MR) is 79.3 cm³/mol. The van der Waals surface area contributed by atoms with Gasteiger partial charge in [0, 0.05) is 15.1 Å². The van der Waals surface area contributed by atoms with Gasteiger partial charge < -0.3 is 9.94 Å². The minimum Gasteiger partial charge on any atom is -0.488 e. The Morgan fingerprint density at radius 1 is 1.26 bits per heavy atom. The third-order valence-electron chi connectivity index (χ3n) is 2.45. The van der Waals surface area contributed by atoms with E-state index in [1.165, 1.54) is 6.21 Å². The largest absolute Gasteiger partial charge is 0.488 e. The van der Waals surface area contributed by atoms with Crippen molar-refractivity contribution in [2.45, 2.75) is 6.61 Å². The fraction of sp³-hybridized carbons (Fsp3) is 0.0714. The second kappa shape index (κ2) is 6.59. The molecule has 0 unspecified atom stereocenters. The first kappa shape index (κ1) is 13.9. The monoisotopic (exact) mass is 339 g/mol. The molecule has 0 aliphatic carbocycles. The molecule has 5 heteroatoms. The molecule has 2 rings (SSSR count). The first-order chi connectivity index (χ1) is 9.19. The third kappa shape index (κ3) is 3.98. The van der Waals surface area contributed by atoms with Crippen LogP contribution in [0.5, 0.6) is 5.75 Å². The van der Waals surface area contributed by atoms with Crippen LogP contribution < -0.4 is 4.74 Å². The molecule has 0 saturated heterocycles. The highest BCUT2D eigenvalue weighted by atomic mass is 79.9. The van der Waals surface area contributed by atoms with Gasteiger partial charge in [-0.25, -0.2) is 0 Å². The van der Waals surface area contributed by atoms with Crippen molar-refractivity contribution in [3.63, 3.8) is 0 Å². The first-order valence-corrected chi connectivity index (χ1v) is 6.70. The number of halogens is 2. The van der Waals surface area contributed by atoms with E-state index in [0.717, 1.165) is 10.0 Å². The van der Waals surface area contributed by atoms with Gasteiger partial charge in [0.2, 0.25) is 0 Å². The van der Waals surface area contributed by atoms with Crippen LogP contribution in [0.1, 0.15) is 11.1 Å². The SMILES string of the molecule is O/N=C\c1cc(Br)ccc1OCc1cccc(Cl)c1. The van der Waals surface area contributed by atoms with Crippen molar-refractivity contribution < 1.29 is 9.94 Å². The van der Waals surface area contributed by atoms with Crippen molar-refractivity contribution in [1.82, 2.24) is 0 Å². The van der Waals surface area contributed by atoms with Crippen LogP contribution in [-0.2, 0) is 6.61 Å². The number of rotatable bonds is 4. The molecular formula is C14H11BrClNO2. The average Bonchev–Trinajstić information content (AvgIpc) is 2.38. The van der Waals surface area contributed by atoms with Crippen molar-refractivity contribution in [1.29, 1.82) is 0 Å². The Bertz CT molecular complexity index is 602. The van der Waals surface area contributed by atoms with E-state index in [4.69, 9.17) is 21.5 Å². The lowest BCUT2D eigenvalue weighted by molar-refractivity contribution is 0.304. The maximum absolute atomic E-state index is 8.64. The Kier molecular flexibility index (Phi) is 4.82. The van der Waals surface area contributed by atoms with Crippen LogP contribution in [0.25, 0.3) is 0 Å². The molecule has 2 aromatic carbocycles. The zero-order valence-corrected chi connectivity index (χ0v) is 12.2. The van der Waals surface area contributed by atoms with Crippen molar-refractivity contribution >= 4 is 33.7 Å². The van der Waals surface area contributed by atoms with Crippen LogP contribution in [0.15, 0.2) is 52.1 Å². The van der Waals surface area contributed by atoms with Gasteiger partial charge in [-0.1, -0.05) is 44.8 Å². The molecule has 98 valence electrons. The van der Waals surface area contributed by atoms with Crippen LogP contribution in [0.3, 0.4) is 0 Å². The Balaban J connectivity index is 2.15. The molecule has 0 spiro atoms. The van der Waals surface area contributed by atoms with Gasteiger partial charge in [0.05, 0.1) is 6.21 Å². The molecule has 0 heterocycles. The summed E-state index contributed by atoms with van der Waals surface area (Å²) in [6, 6.07) is 13.0. The highest BCUT2D eigenvalue weighted by molar-refractivity contribution is 9.10. The summed E-state index contributed by atoms with van der Waals surface area (Å²) in [5.74, 6) is 0.640. The summed E-state index contributed by atoms with van der Waals surface area (Å²) >= 11 is 9.27. The molecule has 3 nitrogen and oxygen atoms in total. The van der Waals surface area contributed by atoms with Gasteiger partial charge in [-0.3, -0.25) is 0 Å². The summed E-state index contributed by atoms with van der Waals surface area (Å²) in [6.07, 6.45) is 1.33. The van der Waals surface area contributed by atoms with Crippen LogP contribution in [0.4, 0.5) is 0 Å². The van der Waals surface area contributed by atoms with Crippen LogP contribution in [0.2, 0.25) is 5.02 Å². The molecule has 19 heavy (non-hydrogen) atoms. The van der Waals surface area contributed by atoms with E-state index in [0.29, 0.717) is 22.9 Å². The van der Waals surface area contributed by atoms with E-state index < -0.39 is 0 Å². The molecule has 0 amide bonds. The maximum atomic E-state index is 8.64. The molecule has 0 saturated carbocycles. The van der Waals surface area contributed by atoms with Crippen molar-refractivity contribution in [3.05, 3.63) is 63.1 Å². The highest BCUT2D eigenvalue weighted by Crippen LogP contribution is 2.23. The molecule has 0 aliphatic rings. The smallest absolute Gasteiger partial charge is 0.128 e. The molecule has 0 atom stereocenters. The Morgan fingerprint density at radius 3 is 2.84 bits per heavy atom. The zero-order chi connectivity index (χ0) is 13.7. The molecule has 0 aliphatic heterocycles. The second-order valence-corrected chi connectivity index (χ2v) is 5.20. The highest BCUT2D eigenvalue weighted by Gasteiger charge is 2.04. The van der Waals surface area contributed by atoms with E-state index in [9.17, 15) is 0 Å². The number of oxime groups is 1. The first-order valence-electron chi connectivity index (χ1n) is 5.53. The van der Waals surface area contributed by atoms with Gasteiger partial charge in [-0.05, 0) is 35.9 Å². The summed E-state index contributed by atoms with van der Waals surface area (Å²) in [5.41, 5.74) is 1.67. The maximum Gasteiger partial charge on any atom is 0.128 e. The topological polar surface area (TPSA) is 41.8 Å². The van der Waals surface area contributed by atoms with Gasteiger partial charge in [-0.15, -0.1) is 0 Å². The summed E-state index contributed by atoms with van der Waals surface area (Å²) in [6.45, 7) is 0.397. The molecule has 0 bridgehead atoms. The summed E-state index contributed by atoms with van der Waals surface area (Å²) in [4.78, 5) is 0. The van der Waals surface area contributed by atoms with Crippen molar-refractivity contribution in [2.24, 2.45) is 5.16 Å². The molecule has 1 N–H and O–H groups in total. The summed E-state index contributed by atoms with van der Waals surface area (Å²) in [7, 11) is 0. The summed E-state index contributed by atoms with van der Waals surface area (Å²) in [5, 5.41) is 12.3. The number of nitrogens with zero attached hydrogens (tertiary/aromatic N) is 1. The molecular weight excluding hydrogens is 330 g/mol. The summed E-state index contributed by atoms with van der Waals surface area (Å²) < 4.78 is 6.59. The lowest BCUT2D eigenvalue weighted by atomic mass is 10.2. The van der Waals surface area contributed by atoms with Crippen LogP contribution in [-0.4, -0.2) is 11.4 Å². The number of hydrogen-bond donors (Lipinski definition) is 1. The zero-order valence-electron chi connectivity index (χ0n) is 9.88. The predicted octanol–water partition coefficient (Wildman–Crippen LogP) is 4.49. The van der Waals surface area contributed by atoms with Crippen LogP contribution >= 0.6 is 27.5 Å². The number of ether oxygens (including phenoxy) is 1. The quantitative estimate of drug-likeness (QED) is 0.506. The Hall–Kier alpha value is -1.52. The second-order valence-electron chi connectivity index (χ2n) is 3.85. The Morgan fingerprint density at radius 2 is 2.11 bits per heavy atom. The fourth-order valence-electron chi connectivity index (χ4n) is 1.60. The van der Waals surface area contributed by atoms with Gasteiger partial charge in [-0.2, -0.15) is 0 Å². The lowest BCUT2D eigenvalue weighted by Crippen LogP contribution is -1.98. The van der Waals surface area contributed by atoms with E-state index in [2.05, 4.69) is 21.1 Å². The van der Waals surface area contributed by atoms with Gasteiger partial charge >= 0.3 is 0 Å². The molecule has 0 aromatic heterocycles. The standard InChI is InChI=1S/C14H11BrClNO2/c15-12-4-5-14(11(7-12)8-17-18)19-9-10-2-1-3-13(16)6-10/h1-8,18H,9H2/b17-8-. The minimum absolute atomic E-state index is 0.397. The average molecular weight is 341 g/mol. The van der Waals surface area contributed by atoms with Crippen molar-refractivity contribution in [3.8, 4) is 5.75 Å². The number of hydrogen-bond acceptors (Lipinski definition) is 3. The fourth-order valence-corrected chi connectivity index (χ4v) is 2.19. The van der Waals surface area contributed by atoms with E-state index in [1.54, 1.807) is 0 Å². The molecule has 0 fully saturated rings. The van der Waals surface area contributed by atoms with Gasteiger partial charge in [0.25, 0.3) is 0 Å². The Labute approximate surface area is 124 Å². The van der Waals surface area contributed by atoms with Crippen LogP contribution in [0, 0.1) is 0 Å². The molecule has 0 radical (unpaired) electrons. The van der Waals surface area contributed by atoms with E-state index >= 15 is 0 Å². The lowest BCUT2D eigenvalue weighted by Gasteiger charge is -2.09. The van der Waals surface area contributed by atoms with Gasteiger partial charge in [0.1, 0.15) is 12.4 Å². The van der Waals surface area contributed by atoms with E-state index in [-0.39, 0.29) is 0 Å². The van der Waals surface area contributed by atoms with Gasteiger partial charge in [0.15, 0.2) is 0 Å². The number of benzene rings is 2. The normalized spacial score (nSPS) is 10.8.